The SMILES string of the molecule is NC(=O)C1C=C(c2ccccc2)C=C(Oc2cccc(-c3nn[nH]n3)c2)C1(N)Cl. The number of H-pyrrole nitrogens is 1. The van der Waals surface area contributed by atoms with Crippen molar-refractivity contribution in [3.8, 4) is 17.1 Å². The smallest absolute Gasteiger partial charge is 0.228 e. The maximum atomic E-state index is 12.1. The molecule has 0 saturated carbocycles. The van der Waals surface area contributed by atoms with Crippen molar-refractivity contribution in [1.82, 2.24) is 20.6 Å². The van der Waals surface area contributed by atoms with Crippen LogP contribution in [-0.2, 0) is 4.79 Å². The lowest BCUT2D eigenvalue weighted by atomic mass is 9.86. The van der Waals surface area contributed by atoms with Gasteiger partial charge >= 0.3 is 0 Å². The number of carbonyl (C=O) groups excluding carboxylic acids is 1. The molecule has 0 bridgehead atoms. The molecule has 1 aromatic heterocycles. The number of ether oxygens (including phenoxy) is 1. The number of allylic oxidation sites excluding steroid dienone is 2. The minimum absolute atomic E-state index is 0.203. The first-order valence-electron chi connectivity index (χ1n) is 8.73. The number of tetrazole rings is 1. The van der Waals surface area contributed by atoms with Gasteiger partial charge in [-0.1, -0.05) is 60.1 Å². The lowest BCUT2D eigenvalue weighted by Gasteiger charge is -2.33. The highest BCUT2D eigenvalue weighted by Gasteiger charge is 2.43. The third-order valence-electron chi connectivity index (χ3n) is 4.54. The number of hydrogen-bond acceptors (Lipinski definition) is 6. The van der Waals surface area contributed by atoms with Crippen molar-refractivity contribution in [3.05, 3.63) is 78.1 Å². The van der Waals surface area contributed by atoms with Crippen molar-refractivity contribution in [2.75, 3.05) is 0 Å². The number of aromatic nitrogens is 4. The number of benzene rings is 2. The van der Waals surface area contributed by atoms with Crippen LogP contribution >= 0.6 is 11.6 Å². The van der Waals surface area contributed by atoms with Gasteiger partial charge in [0.2, 0.25) is 11.7 Å². The van der Waals surface area contributed by atoms with Crippen molar-refractivity contribution < 1.29 is 9.53 Å². The van der Waals surface area contributed by atoms with Crippen LogP contribution in [0.2, 0.25) is 0 Å². The highest BCUT2D eigenvalue weighted by atomic mass is 35.5. The van der Waals surface area contributed by atoms with E-state index in [1.807, 2.05) is 36.4 Å². The van der Waals surface area contributed by atoms with E-state index in [4.69, 9.17) is 27.8 Å². The molecule has 0 saturated heterocycles. The van der Waals surface area contributed by atoms with E-state index >= 15 is 0 Å². The highest BCUT2D eigenvalue weighted by Crippen LogP contribution is 2.39. The van der Waals surface area contributed by atoms with Crippen LogP contribution in [0.1, 0.15) is 5.56 Å². The average Bonchev–Trinajstić information content (AvgIpc) is 3.25. The molecule has 2 atom stereocenters. The summed E-state index contributed by atoms with van der Waals surface area (Å²) in [4.78, 5) is 10.4. The summed E-state index contributed by atoms with van der Waals surface area (Å²) in [5, 5.41) is 13.9. The second kappa shape index (κ2) is 7.50. The zero-order valence-electron chi connectivity index (χ0n) is 15.1. The first kappa shape index (κ1) is 18.9. The van der Waals surface area contributed by atoms with Gasteiger partial charge in [-0.15, -0.1) is 10.2 Å². The molecule has 1 amide bonds. The van der Waals surface area contributed by atoms with Crippen molar-refractivity contribution in [2.24, 2.45) is 17.4 Å². The van der Waals surface area contributed by atoms with E-state index in [9.17, 15) is 4.79 Å². The first-order valence-corrected chi connectivity index (χ1v) is 9.11. The number of hydrogen-bond donors (Lipinski definition) is 3. The van der Waals surface area contributed by atoms with Gasteiger partial charge in [0.15, 0.2) is 5.00 Å². The summed E-state index contributed by atoms with van der Waals surface area (Å²) in [6, 6.07) is 16.5. The van der Waals surface area contributed by atoms with Gasteiger partial charge < -0.3 is 16.2 Å². The van der Waals surface area contributed by atoms with Gasteiger partial charge in [0.1, 0.15) is 11.5 Å². The van der Waals surface area contributed by atoms with E-state index in [1.54, 1.807) is 30.4 Å². The largest absolute Gasteiger partial charge is 0.458 e. The lowest BCUT2D eigenvalue weighted by molar-refractivity contribution is -0.121. The number of primary amides is 1. The molecular formula is C20H17ClN6O2. The number of nitrogens with two attached hydrogens (primary N) is 2. The maximum absolute atomic E-state index is 12.1. The van der Waals surface area contributed by atoms with Crippen LogP contribution in [0.5, 0.6) is 5.75 Å². The Morgan fingerprint density at radius 1 is 1.14 bits per heavy atom. The third-order valence-corrected chi connectivity index (χ3v) is 4.96. The molecule has 0 fully saturated rings. The number of amides is 1. The van der Waals surface area contributed by atoms with Crippen LogP contribution in [-0.4, -0.2) is 31.5 Å². The summed E-state index contributed by atoms with van der Waals surface area (Å²) in [7, 11) is 0. The number of rotatable bonds is 5. The Morgan fingerprint density at radius 3 is 2.59 bits per heavy atom. The Bertz CT molecular complexity index is 1090. The summed E-state index contributed by atoms with van der Waals surface area (Å²) in [6.45, 7) is 0. The van der Waals surface area contributed by atoms with Crippen molar-refractivity contribution in [2.45, 2.75) is 5.00 Å². The lowest BCUT2D eigenvalue weighted by Crippen LogP contribution is -2.51. The van der Waals surface area contributed by atoms with Gasteiger partial charge in [-0.2, -0.15) is 5.21 Å². The Kier molecular flexibility index (Phi) is 4.87. The molecule has 146 valence electrons. The molecule has 1 heterocycles. The highest BCUT2D eigenvalue weighted by molar-refractivity contribution is 6.27. The summed E-state index contributed by atoms with van der Waals surface area (Å²) in [5.74, 6) is -0.538. The topological polar surface area (TPSA) is 133 Å². The van der Waals surface area contributed by atoms with Crippen molar-refractivity contribution in [3.63, 3.8) is 0 Å². The Hall–Kier alpha value is -3.49. The van der Waals surface area contributed by atoms with E-state index in [0.29, 0.717) is 17.1 Å². The Morgan fingerprint density at radius 2 is 1.90 bits per heavy atom. The number of carbonyl (C=O) groups is 1. The molecule has 9 heteroatoms. The minimum atomic E-state index is -1.63. The standard InChI is InChI=1S/C20H17ClN6O2/c21-20(23)16(18(22)28)10-14(12-5-2-1-3-6-12)11-17(20)29-15-8-4-7-13(9-15)19-24-26-27-25-19/h1-11,16H,23H2,(H2,22,28)(H,24,25,26,27). The molecule has 4 rings (SSSR count). The third kappa shape index (κ3) is 3.75. The molecule has 3 aromatic rings. The summed E-state index contributed by atoms with van der Waals surface area (Å²) in [5.41, 5.74) is 14.2. The van der Waals surface area contributed by atoms with E-state index in [-0.39, 0.29) is 5.76 Å². The number of halogens is 1. The summed E-state index contributed by atoms with van der Waals surface area (Å²) >= 11 is 6.54. The number of aromatic amines is 1. The average molecular weight is 409 g/mol. The molecular weight excluding hydrogens is 392 g/mol. The molecule has 0 radical (unpaired) electrons. The van der Waals surface area contributed by atoms with Gasteiger partial charge in [0.25, 0.3) is 0 Å². The number of nitrogens with one attached hydrogen (secondary N) is 1. The zero-order chi connectivity index (χ0) is 20.4. The van der Waals surface area contributed by atoms with E-state index in [2.05, 4.69) is 20.6 Å². The van der Waals surface area contributed by atoms with Crippen LogP contribution in [0.4, 0.5) is 0 Å². The fourth-order valence-corrected chi connectivity index (χ4v) is 3.33. The van der Waals surface area contributed by atoms with Gasteiger partial charge in [0.05, 0.1) is 5.92 Å². The minimum Gasteiger partial charge on any atom is -0.458 e. The quantitative estimate of drug-likeness (QED) is 0.438. The van der Waals surface area contributed by atoms with Crippen LogP contribution < -0.4 is 16.2 Å². The Balaban J connectivity index is 1.73. The van der Waals surface area contributed by atoms with E-state index in [1.165, 1.54) is 0 Å². The second-order valence-electron chi connectivity index (χ2n) is 6.51. The van der Waals surface area contributed by atoms with Gasteiger partial charge in [-0.3, -0.25) is 4.79 Å². The van der Waals surface area contributed by atoms with E-state index in [0.717, 1.165) is 11.1 Å². The summed E-state index contributed by atoms with van der Waals surface area (Å²) < 4.78 is 6.01. The molecule has 0 aliphatic heterocycles. The molecule has 0 spiro atoms. The number of alkyl halides is 1. The normalized spacial score (nSPS) is 21.2. The van der Waals surface area contributed by atoms with Crippen LogP contribution in [0, 0.1) is 5.92 Å². The molecule has 1 aliphatic carbocycles. The molecule has 2 unspecified atom stereocenters. The summed E-state index contributed by atoms with van der Waals surface area (Å²) in [6.07, 6.45) is 3.37. The molecule has 29 heavy (non-hydrogen) atoms. The fraction of sp³-hybridized carbons (Fsp3) is 0.100. The molecule has 2 aromatic carbocycles. The predicted octanol–water partition coefficient (Wildman–Crippen LogP) is 2.22. The van der Waals surface area contributed by atoms with Crippen LogP contribution in [0.25, 0.3) is 17.0 Å². The maximum Gasteiger partial charge on any atom is 0.228 e. The fourth-order valence-electron chi connectivity index (χ4n) is 3.07. The predicted molar refractivity (Wildman–Crippen MR) is 108 cm³/mol. The van der Waals surface area contributed by atoms with Crippen molar-refractivity contribution >= 4 is 23.1 Å². The molecule has 8 nitrogen and oxygen atoms in total. The Labute approximate surface area is 171 Å². The molecule has 1 aliphatic rings. The van der Waals surface area contributed by atoms with Gasteiger partial charge in [0, 0.05) is 5.56 Å². The number of nitrogens with zero attached hydrogens (tertiary/aromatic N) is 3. The zero-order valence-corrected chi connectivity index (χ0v) is 15.9. The van der Waals surface area contributed by atoms with Crippen LogP contribution in [0.3, 0.4) is 0 Å². The second-order valence-corrected chi connectivity index (χ2v) is 7.14. The van der Waals surface area contributed by atoms with E-state index < -0.39 is 16.8 Å². The monoisotopic (exact) mass is 408 g/mol. The van der Waals surface area contributed by atoms with Gasteiger partial charge in [-0.25, -0.2) is 0 Å². The first-order chi connectivity index (χ1) is 13.9. The van der Waals surface area contributed by atoms with Crippen molar-refractivity contribution in [1.29, 1.82) is 0 Å². The van der Waals surface area contributed by atoms with Crippen LogP contribution in [0.15, 0.2) is 72.5 Å². The van der Waals surface area contributed by atoms with Gasteiger partial charge in [-0.05, 0) is 34.6 Å². The molecule has 5 N–H and O–H groups in total.